The fourth-order valence-corrected chi connectivity index (χ4v) is 2.07. The zero-order valence-electron chi connectivity index (χ0n) is 9.76. The molecule has 2 nitrogen and oxygen atoms in total. The van der Waals surface area contributed by atoms with Crippen LogP contribution in [0.2, 0.25) is 0 Å². The van der Waals surface area contributed by atoms with Gasteiger partial charge in [0.05, 0.1) is 12.7 Å². The molecule has 1 aliphatic rings. The molecule has 1 aromatic carbocycles. The molecule has 0 N–H and O–H groups in total. The normalized spacial score (nSPS) is 15.0. The quantitative estimate of drug-likeness (QED) is 0.719. The van der Waals surface area contributed by atoms with E-state index < -0.39 is 11.8 Å². The van der Waals surface area contributed by atoms with Gasteiger partial charge in [-0.3, -0.25) is 0 Å². The van der Waals surface area contributed by atoms with Gasteiger partial charge < -0.3 is 4.74 Å². The minimum atomic E-state index is -0.597. The monoisotopic (exact) mass is 222 g/mol. The number of hydrogen-bond donors (Lipinski definition) is 0. The maximum atomic E-state index is 13.8. The summed E-state index contributed by atoms with van der Waals surface area (Å²) in [5.41, 5.74) is 2.84. The first kappa shape index (κ1) is 11.1. The molecule has 1 aliphatic carbocycles. The molecule has 3 heteroatoms. The number of rotatable bonds is 2. The summed E-state index contributed by atoms with van der Waals surface area (Å²) in [6.45, 7) is 3.71. The van der Waals surface area contributed by atoms with Gasteiger partial charge >= 0.3 is 5.97 Å². The third-order valence-electron chi connectivity index (χ3n) is 3.30. The van der Waals surface area contributed by atoms with Crippen molar-refractivity contribution in [2.75, 3.05) is 7.11 Å². The number of carbonyl (C=O) groups is 1. The highest BCUT2D eigenvalue weighted by molar-refractivity contribution is 5.91. The van der Waals surface area contributed by atoms with E-state index >= 15 is 0 Å². The number of benzene rings is 1. The summed E-state index contributed by atoms with van der Waals surface area (Å²) in [4.78, 5) is 11.4. The fourth-order valence-electron chi connectivity index (χ4n) is 2.07. The first-order valence-electron chi connectivity index (χ1n) is 5.44. The lowest BCUT2D eigenvalue weighted by atomic mass is 9.95. The Morgan fingerprint density at radius 2 is 2.00 bits per heavy atom. The molecule has 0 bridgehead atoms. The highest BCUT2D eigenvalue weighted by Crippen LogP contribution is 2.43. The summed E-state index contributed by atoms with van der Waals surface area (Å²) in [6, 6.07) is 1.49. The second kappa shape index (κ2) is 3.89. The van der Waals surface area contributed by atoms with Gasteiger partial charge in [0.1, 0.15) is 5.82 Å². The largest absolute Gasteiger partial charge is 0.465 e. The van der Waals surface area contributed by atoms with Crippen LogP contribution in [0.3, 0.4) is 0 Å². The van der Waals surface area contributed by atoms with Gasteiger partial charge in [-0.2, -0.15) is 0 Å². The van der Waals surface area contributed by atoms with Gasteiger partial charge in [-0.05, 0) is 55.4 Å². The Labute approximate surface area is 94.4 Å². The van der Waals surface area contributed by atoms with E-state index in [-0.39, 0.29) is 5.56 Å². The minimum Gasteiger partial charge on any atom is -0.465 e. The van der Waals surface area contributed by atoms with E-state index in [1.165, 1.54) is 13.2 Å². The van der Waals surface area contributed by atoms with Crippen LogP contribution in [-0.4, -0.2) is 13.1 Å². The molecule has 0 saturated heterocycles. The van der Waals surface area contributed by atoms with Crippen LogP contribution in [0, 0.1) is 19.7 Å². The van der Waals surface area contributed by atoms with E-state index in [1.807, 2.05) is 6.92 Å². The van der Waals surface area contributed by atoms with Crippen LogP contribution in [0.1, 0.15) is 45.8 Å². The van der Waals surface area contributed by atoms with Crippen LogP contribution in [0.5, 0.6) is 0 Å². The second-order valence-corrected chi connectivity index (χ2v) is 4.34. The van der Waals surface area contributed by atoms with Crippen molar-refractivity contribution in [2.45, 2.75) is 32.6 Å². The standard InChI is InChI=1S/C13H15FO2/c1-7-8(2)12(13(15)16-3)11(14)6-10(7)9-4-5-9/h6,9H,4-5H2,1-3H3. The molecule has 0 radical (unpaired) electrons. The van der Waals surface area contributed by atoms with Gasteiger partial charge in [-0.25, -0.2) is 9.18 Å². The maximum absolute atomic E-state index is 13.8. The van der Waals surface area contributed by atoms with Crippen molar-refractivity contribution in [3.63, 3.8) is 0 Å². The van der Waals surface area contributed by atoms with Gasteiger partial charge in [0, 0.05) is 0 Å². The van der Waals surface area contributed by atoms with Crippen LogP contribution in [0.4, 0.5) is 4.39 Å². The van der Waals surface area contributed by atoms with Crippen LogP contribution < -0.4 is 0 Å². The lowest BCUT2D eigenvalue weighted by Crippen LogP contribution is -2.09. The Morgan fingerprint density at radius 3 is 2.50 bits per heavy atom. The summed E-state index contributed by atoms with van der Waals surface area (Å²) in [6.07, 6.45) is 2.24. The van der Waals surface area contributed by atoms with Crippen LogP contribution >= 0.6 is 0 Å². The van der Waals surface area contributed by atoms with Crippen LogP contribution in [0.25, 0.3) is 0 Å². The summed E-state index contributed by atoms with van der Waals surface area (Å²) >= 11 is 0. The molecule has 2 rings (SSSR count). The first-order chi connectivity index (χ1) is 7.56. The molecule has 0 aromatic heterocycles. The lowest BCUT2D eigenvalue weighted by molar-refractivity contribution is 0.0594. The first-order valence-corrected chi connectivity index (χ1v) is 5.44. The molecule has 0 spiro atoms. The van der Waals surface area contributed by atoms with Crippen molar-refractivity contribution in [3.05, 3.63) is 34.1 Å². The Morgan fingerprint density at radius 1 is 1.38 bits per heavy atom. The Hall–Kier alpha value is -1.38. The van der Waals surface area contributed by atoms with E-state index in [1.54, 1.807) is 6.92 Å². The minimum absolute atomic E-state index is 0.0735. The highest BCUT2D eigenvalue weighted by Gasteiger charge is 2.28. The van der Waals surface area contributed by atoms with Crippen molar-refractivity contribution < 1.29 is 13.9 Å². The number of ether oxygens (including phenoxy) is 1. The van der Waals surface area contributed by atoms with Gasteiger partial charge in [-0.15, -0.1) is 0 Å². The average molecular weight is 222 g/mol. The van der Waals surface area contributed by atoms with E-state index in [4.69, 9.17) is 0 Å². The van der Waals surface area contributed by atoms with Crippen molar-refractivity contribution in [2.24, 2.45) is 0 Å². The lowest BCUT2D eigenvalue weighted by Gasteiger charge is -2.12. The topological polar surface area (TPSA) is 26.3 Å². The SMILES string of the molecule is COC(=O)c1c(F)cc(C2CC2)c(C)c1C. The Balaban J connectivity index is 2.55. The zero-order valence-corrected chi connectivity index (χ0v) is 9.76. The van der Waals surface area contributed by atoms with Gasteiger partial charge in [0.15, 0.2) is 0 Å². The third kappa shape index (κ3) is 1.70. The van der Waals surface area contributed by atoms with E-state index in [9.17, 15) is 9.18 Å². The Bertz CT molecular complexity index is 448. The van der Waals surface area contributed by atoms with Crippen molar-refractivity contribution >= 4 is 5.97 Å². The van der Waals surface area contributed by atoms with E-state index in [0.717, 1.165) is 24.0 Å². The third-order valence-corrected chi connectivity index (χ3v) is 3.30. The number of carbonyl (C=O) groups excluding carboxylic acids is 1. The fraction of sp³-hybridized carbons (Fsp3) is 0.462. The summed E-state index contributed by atoms with van der Waals surface area (Å²) in [5, 5.41) is 0. The van der Waals surface area contributed by atoms with Crippen molar-refractivity contribution in [1.82, 2.24) is 0 Å². The molecular weight excluding hydrogens is 207 g/mol. The number of hydrogen-bond acceptors (Lipinski definition) is 2. The van der Waals surface area contributed by atoms with E-state index in [0.29, 0.717) is 11.5 Å². The molecule has 16 heavy (non-hydrogen) atoms. The molecular formula is C13H15FO2. The second-order valence-electron chi connectivity index (χ2n) is 4.34. The van der Waals surface area contributed by atoms with Crippen LogP contribution in [-0.2, 0) is 4.74 Å². The number of esters is 1. The molecule has 1 aromatic rings. The smallest absolute Gasteiger partial charge is 0.341 e. The zero-order chi connectivity index (χ0) is 11.9. The average Bonchev–Trinajstić information content (AvgIpc) is 3.07. The summed E-state index contributed by atoms with van der Waals surface area (Å²) < 4.78 is 18.4. The predicted molar refractivity (Wildman–Crippen MR) is 59.2 cm³/mol. The maximum Gasteiger partial charge on any atom is 0.341 e. The number of methoxy groups -OCH3 is 1. The number of halogens is 1. The molecule has 1 saturated carbocycles. The van der Waals surface area contributed by atoms with Crippen molar-refractivity contribution in [3.8, 4) is 0 Å². The predicted octanol–water partition coefficient (Wildman–Crippen LogP) is 3.11. The molecule has 0 aliphatic heterocycles. The van der Waals surface area contributed by atoms with Gasteiger partial charge in [-0.1, -0.05) is 0 Å². The molecule has 1 fully saturated rings. The van der Waals surface area contributed by atoms with Crippen molar-refractivity contribution in [1.29, 1.82) is 0 Å². The highest BCUT2D eigenvalue weighted by atomic mass is 19.1. The van der Waals surface area contributed by atoms with Crippen LogP contribution in [0.15, 0.2) is 6.07 Å². The molecule has 0 atom stereocenters. The Kier molecular flexibility index (Phi) is 2.70. The summed E-state index contributed by atoms with van der Waals surface area (Å²) in [5.74, 6) is -0.572. The molecule has 86 valence electrons. The molecule has 0 unspecified atom stereocenters. The molecule has 0 amide bonds. The summed E-state index contributed by atoms with van der Waals surface area (Å²) in [7, 11) is 1.27. The van der Waals surface area contributed by atoms with E-state index in [2.05, 4.69) is 4.74 Å². The van der Waals surface area contributed by atoms with Gasteiger partial charge in [0.25, 0.3) is 0 Å². The van der Waals surface area contributed by atoms with Gasteiger partial charge in [0.2, 0.25) is 0 Å². The molecule has 0 heterocycles.